The van der Waals surface area contributed by atoms with Crippen LogP contribution in [0.25, 0.3) is 10.9 Å². The van der Waals surface area contributed by atoms with Gasteiger partial charge in [-0.25, -0.2) is 0 Å². The summed E-state index contributed by atoms with van der Waals surface area (Å²) in [5.41, 5.74) is 1.69. The van der Waals surface area contributed by atoms with Crippen LogP contribution in [-0.2, 0) is 6.54 Å². The zero-order valence-electron chi connectivity index (χ0n) is 15.4. The molecule has 0 amide bonds. The first kappa shape index (κ1) is 19.2. The highest BCUT2D eigenvalue weighted by atomic mass is 79.9. The number of ether oxygens (including phenoxy) is 1. The number of aliphatic hydroxyl groups excluding tert-OH is 1. The predicted octanol–water partition coefficient (Wildman–Crippen LogP) is 5.13. The number of halogens is 1. The molecule has 0 aliphatic carbocycles. The Hall–Kier alpha value is -3.09. The SMILES string of the molecule is O=C(c1ccc(Oc2ccccc2)cc1)c1c(Br)c2cc(O)ccc2n1CCO. The molecule has 29 heavy (non-hydrogen) atoms. The number of benzene rings is 3. The van der Waals surface area contributed by atoms with Crippen molar-refractivity contribution in [2.24, 2.45) is 0 Å². The summed E-state index contributed by atoms with van der Waals surface area (Å²) >= 11 is 3.50. The summed E-state index contributed by atoms with van der Waals surface area (Å²) in [4.78, 5) is 13.3. The summed E-state index contributed by atoms with van der Waals surface area (Å²) in [6.07, 6.45) is 0. The zero-order chi connectivity index (χ0) is 20.4. The Balaban J connectivity index is 1.70. The van der Waals surface area contributed by atoms with Gasteiger partial charge in [-0.2, -0.15) is 0 Å². The average Bonchev–Trinajstić information content (AvgIpc) is 3.00. The molecule has 2 N–H and O–H groups in total. The summed E-state index contributed by atoms with van der Waals surface area (Å²) in [5.74, 6) is 1.28. The average molecular weight is 452 g/mol. The number of hydrogen-bond donors (Lipinski definition) is 2. The van der Waals surface area contributed by atoms with Gasteiger partial charge >= 0.3 is 0 Å². The van der Waals surface area contributed by atoms with Gasteiger partial charge in [-0.1, -0.05) is 18.2 Å². The lowest BCUT2D eigenvalue weighted by atomic mass is 10.1. The molecule has 0 aliphatic heterocycles. The second-order valence-electron chi connectivity index (χ2n) is 6.51. The number of nitrogens with zero attached hydrogens (tertiary/aromatic N) is 1. The van der Waals surface area contributed by atoms with Crippen molar-refractivity contribution in [3.8, 4) is 17.2 Å². The van der Waals surface area contributed by atoms with Crippen LogP contribution in [0.4, 0.5) is 0 Å². The lowest BCUT2D eigenvalue weighted by Crippen LogP contribution is -2.12. The molecule has 1 aromatic heterocycles. The van der Waals surface area contributed by atoms with E-state index >= 15 is 0 Å². The number of carbonyl (C=O) groups excluding carboxylic acids is 1. The largest absolute Gasteiger partial charge is 0.508 e. The molecule has 0 saturated heterocycles. The van der Waals surface area contributed by atoms with E-state index < -0.39 is 0 Å². The molecule has 0 radical (unpaired) electrons. The smallest absolute Gasteiger partial charge is 0.210 e. The number of rotatable bonds is 6. The second-order valence-corrected chi connectivity index (χ2v) is 7.30. The highest BCUT2D eigenvalue weighted by Gasteiger charge is 2.22. The van der Waals surface area contributed by atoms with Crippen LogP contribution in [0.5, 0.6) is 17.2 Å². The fraction of sp³-hybridized carbons (Fsp3) is 0.0870. The van der Waals surface area contributed by atoms with Crippen molar-refractivity contribution in [3.63, 3.8) is 0 Å². The number of carbonyl (C=O) groups is 1. The lowest BCUT2D eigenvalue weighted by molar-refractivity contribution is 0.102. The van der Waals surface area contributed by atoms with Crippen LogP contribution in [0.1, 0.15) is 16.1 Å². The molecule has 0 unspecified atom stereocenters. The quantitative estimate of drug-likeness (QED) is 0.398. The van der Waals surface area contributed by atoms with Gasteiger partial charge in [0.05, 0.1) is 16.6 Å². The van der Waals surface area contributed by atoms with Crippen LogP contribution >= 0.6 is 15.9 Å². The molecule has 3 aromatic carbocycles. The minimum Gasteiger partial charge on any atom is -0.508 e. The minimum atomic E-state index is -0.188. The first-order valence-electron chi connectivity index (χ1n) is 9.07. The summed E-state index contributed by atoms with van der Waals surface area (Å²) in [5, 5.41) is 20.0. The van der Waals surface area contributed by atoms with E-state index in [4.69, 9.17) is 4.74 Å². The van der Waals surface area contributed by atoms with Gasteiger partial charge in [0.2, 0.25) is 5.78 Å². The van der Waals surface area contributed by atoms with Crippen molar-refractivity contribution in [1.29, 1.82) is 0 Å². The van der Waals surface area contributed by atoms with Gasteiger partial charge in [0.15, 0.2) is 0 Å². The summed E-state index contributed by atoms with van der Waals surface area (Å²) in [7, 11) is 0. The van der Waals surface area contributed by atoms with Crippen molar-refractivity contribution in [3.05, 3.63) is 88.5 Å². The van der Waals surface area contributed by atoms with Gasteiger partial charge in [-0.05, 0) is 70.5 Å². The second kappa shape index (κ2) is 8.11. The fourth-order valence-corrected chi connectivity index (χ4v) is 4.00. The maximum Gasteiger partial charge on any atom is 0.210 e. The number of hydrogen-bond acceptors (Lipinski definition) is 4. The molecule has 5 nitrogen and oxygen atoms in total. The number of phenolic OH excluding ortho intramolecular Hbond substituents is 1. The van der Waals surface area contributed by atoms with Crippen molar-refractivity contribution in [1.82, 2.24) is 4.57 Å². The van der Waals surface area contributed by atoms with Crippen LogP contribution in [-0.4, -0.2) is 27.2 Å². The molecule has 0 spiro atoms. The van der Waals surface area contributed by atoms with Crippen LogP contribution in [0.2, 0.25) is 0 Å². The number of para-hydroxylation sites is 1. The number of aliphatic hydroxyl groups is 1. The van der Waals surface area contributed by atoms with E-state index in [1.54, 1.807) is 47.0 Å². The third-order valence-corrected chi connectivity index (χ3v) is 5.42. The molecule has 0 fully saturated rings. The van der Waals surface area contributed by atoms with E-state index in [1.165, 1.54) is 0 Å². The van der Waals surface area contributed by atoms with Gasteiger partial charge in [0, 0.05) is 17.5 Å². The molecule has 4 aromatic rings. The molecular formula is C23H18BrNO4. The van der Waals surface area contributed by atoms with Crippen molar-refractivity contribution in [2.45, 2.75) is 6.54 Å². The Morgan fingerprint density at radius 3 is 2.34 bits per heavy atom. The van der Waals surface area contributed by atoms with Gasteiger partial charge in [-0.3, -0.25) is 4.79 Å². The molecule has 1 heterocycles. The van der Waals surface area contributed by atoms with Crippen molar-refractivity contribution >= 4 is 32.6 Å². The van der Waals surface area contributed by atoms with Crippen LogP contribution in [0, 0.1) is 0 Å². The van der Waals surface area contributed by atoms with Crippen molar-refractivity contribution < 1.29 is 19.7 Å². The van der Waals surface area contributed by atoms with E-state index in [0.717, 1.165) is 11.3 Å². The number of aromatic hydroxyl groups is 1. The maximum atomic E-state index is 13.3. The molecule has 0 bridgehead atoms. The number of ketones is 1. The topological polar surface area (TPSA) is 71.7 Å². The van der Waals surface area contributed by atoms with E-state index in [1.807, 2.05) is 30.3 Å². The Kier molecular flexibility index (Phi) is 5.38. The molecule has 0 saturated carbocycles. The fourth-order valence-electron chi connectivity index (χ4n) is 3.29. The van der Waals surface area contributed by atoms with Crippen molar-refractivity contribution in [2.75, 3.05) is 6.61 Å². The molecule has 146 valence electrons. The number of aromatic nitrogens is 1. The summed E-state index contributed by atoms with van der Waals surface area (Å²) in [6.45, 7) is 0.157. The maximum absolute atomic E-state index is 13.3. The lowest BCUT2D eigenvalue weighted by Gasteiger charge is -2.10. The highest BCUT2D eigenvalue weighted by Crippen LogP contribution is 2.35. The van der Waals surface area contributed by atoms with Crippen LogP contribution in [0.15, 0.2) is 77.3 Å². The zero-order valence-corrected chi connectivity index (χ0v) is 17.0. The predicted molar refractivity (Wildman–Crippen MR) is 115 cm³/mol. The molecule has 4 rings (SSSR count). The summed E-state index contributed by atoms with van der Waals surface area (Å²) in [6, 6.07) is 21.2. The monoisotopic (exact) mass is 451 g/mol. The molecule has 0 aliphatic rings. The third-order valence-electron chi connectivity index (χ3n) is 4.62. The highest BCUT2D eigenvalue weighted by molar-refractivity contribution is 9.10. The first-order chi connectivity index (χ1) is 14.1. The standard InChI is InChI=1S/C23H18BrNO4/c24-21-19-14-16(27)8-11-20(19)25(12-13-26)22(21)23(28)15-6-9-18(10-7-15)29-17-4-2-1-3-5-17/h1-11,14,26-27H,12-13H2. The van der Waals surface area contributed by atoms with Gasteiger partial charge in [0.1, 0.15) is 22.9 Å². The van der Waals surface area contributed by atoms with E-state index in [0.29, 0.717) is 26.9 Å². The van der Waals surface area contributed by atoms with E-state index in [2.05, 4.69) is 15.9 Å². The minimum absolute atomic E-state index is 0.110. The number of fused-ring (bicyclic) bond motifs is 1. The van der Waals surface area contributed by atoms with Gasteiger partial charge in [0.25, 0.3) is 0 Å². The Morgan fingerprint density at radius 2 is 1.66 bits per heavy atom. The Labute approximate surface area is 175 Å². The molecular weight excluding hydrogens is 434 g/mol. The number of phenols is 1. The molecule has 0 atom stereocenters. The molecule has 6 heteroatoms. The van der Waals surface area contributed by atoms with E-state index in [9.17, 15) is 15.0 Å². The van der Waals surface area contributed by atoms with Crippen LogP contribution in [0.3, 0.4) is 0 Å². The van der Waals surface area contributed by atoms with E-state index in [-0.39, 0.29) is 24.7 Å². The Morgan fingerprint density at radius 1 is 0.966 bits per heavy atom. The third kappa shape index (κ3) is 3.77. The Bertz CT molecular complexity index is 1170. The normalized spacial score (nSPS) is 11.0. The first-order valence-corrected chi connectivity index (χ1v) is 9.87. The van der Waals surface area contributed by atoms with Gasteiger partial charge in [-0.15, -0.1) is 0 Å². The van der Waals surface area contributed by atoms with Gasteiger partial charge < -0.3 is 19.5 Å². The van der Waals surface area contributed by atoms with Crippen LogP contribution < -0.4 is 4.74 Å². The summed E-state index contributed by atoms with van der Waals surface area (Å²) < 4.78 is 8.13.